The molecule has 0 amide bonds. The molecule has 104 valence electrons. The smallest absolute Gasteiger partial charge is 0.403 e. The summed E-state index contributed by atoms with van der Waals surface area (Å²) in [6.07, 6.45) is 6.42. The Morgan fingerprint density at radius 3 is 1.78 bits per heavy atom. The molecule has 2 aliphatic rings. The summed E-state index contributed by atoms with van der Waals surface area (Å²) in [6, 6.07) is 0. The molecule has 3 heteroatoms. The molecule has 1 aliphatic carbocycles. The van der Waals surface area contributed by atoms with Gasteiger partial charge in [-0.2, -0.15) is 0 Å². The van der Waals surface area contributed by atoms with Gasteiger partial charge in [0.05, 0.1) is 11.2 Å². The Labute approximate surface area is 113 Å². The van der Waals surface area contributed by atoms with Crippen molar-refractivity contribution in [3.05, 3.63) is 0 Å². The minimum Gasteiger partial charge on any atom is -0.403 e. The first-order chi connectivity index (χ1) is 8.11. The summed E-state index contributed by atoms with van der Waals surface area (Å²) in [7, 11) is 0.00112. The maximum absolute atomic E-state index is 6.10. The van der Waals surface area contributed by atoms with Crippen molar-refractivity contribution < 1.29 is 9.31 Å². The van der Waals surface area contributed by atoms with Gasteiger partial charge in [-0.05, 0) is 58.2 Å². The predicted molar refractivity (Wildman–Crippen MR) is 76.6 cm³/mol. The monoisotopic (exact) mass is 252 g/mol. The Morgan fingerprint density at radius 2 is 1.33 bits per heavy atom. The van der Waals surface area contributed by atoms with Crippen LogP contribution in [-0.4, -0.2) is 18.3 Å². The SMILES string of the molecule is CC1(C)CCC(CB2OC(C)(C)C(C)(C)O2)CC1. The van der Waals surface area contributed by atoms with Crippen LogP contribution in [0, 0.1) is 11.3 Å². The van der Waals surface area contributed by atoms with Crippen molar-refractivity contribution in [3.63, 3.8) is 0 Å². The maximum atomic E-state index is 6.10. The molecule has 2 fully saturated rings. The summed E-state index contributed by atoms with van der Waals surface area (Å²) in [5, 5.41) is 0. The Bertz CT molecular complexity index is 284. The van der Waals surface area contributed by atoms with Gasteiger partial charge >= 0.3 is 7.12 Å². The zero-order valence-electron chi connectivity index (χ0n) is 13.0. The number of hydrogen-bond acceptors (Lipinski definition) is 2. The first kappa shape index (κ1) is 14.4. The molecule has 0 atom stereocenters. The Kier molecular flexibility index (Phi) is 3.62. The average molecular weight is 252 g/mol. The predicted octanol–water partition coefficient (Wildman–Crippen LogP) is 4.30. The molecule has 0 spiro atoms. The highest BCUT2D eigenvalue weighted by Crippen LogP contribution is 2.43. The maximum Gasteiger partial charge on any atom is 0.458 e. The largest absolute Gasteiger partial charge is 0.458 e. The van der Waals surface area contributed by atoms with E-state index in [0.717, 1.165) is 12.2 Å². The van der Waals surface area contributed by atoms with Crippen LogP contribution in [0.15, 0.2) is 0 Å². The van der Waals surface area contributed by atoms with Crippen LogP contribution in [0.25, 0.3) is 0 Å². The second-order valence-corrected chi connectivity index (χ2v) is 8.03. The van der Waals surface area contributed by atoms with Crippen molar-refractivity contribution in [1.82, 2.24) is 0 Å². The molecule has 1 heterocycles. The summed E-state index contributed by atoms with van der Waals surface area (Å²) in [5.74, 6) is 0.785. The van der Waals surface area contributed by atoms with Crippen LogP contribution < -0.4 is 0 Å². The van der Waals surface area contributed by atoms with E-state index in [9.17, 15) is 0 Å². The fourth-order valence-electron chi connectivity index (χ4n) is 3.03. The average Bonchev–Trinajstić information content (AvgIpc) is 2.39. The van der Waals surface area contributed by atoms with Crippen molar-refractivity contribution >= 4 is 7.12 Å². The summed E-state index contributed by atoms with van der Waals surface area (Å²) in [6.45, 7) is 13.3. The first-order valence-corrected chi connectivity index (χ1v) is 7.47. The zero-order chi connectivity index (χ0) is 13.6. The summed E-state index contributed by atoms with van der Waals surface area (Å²) < 4.78 is 12.2. The Hall–Kier alpha value is -0.0151. The van der Waals surface area contributed by atoms with E-state index in [1.165, 1.54) is 25.7 Å². The van der Waals surface area contributed by atoms with Crippen LogP contribution in [0.3, 0.4) is 0 Å². The van der Waals surface area contributed by atoms with Gasteiger partial charge in [-0.15, -0.1) is 0 Å². The van der Waals surface area contributed by atoms with E-state index < -0.39 is 0 Å². The molecule has 0 aromatic carbocycles. The second-order valence-electron chi connectivity index (χ2n) is 8.03. The van der Waals surface area contributed by atoms with Gasteiger partial charge in [0, 0.05) is 0 Å². The lowest BCUT2D eigenvalue weighted by molar-refractivity contribution is 0.00578. The highest BCUT2D eigenvalue weighted by molar-refractivity contribution is 6.45. The lowest BCUT2D eigenvalue weighted by atomic mass is 9.66. The van der Waals surface area contributed by atoms with Crippen LogP contribution in [0.2, 0.25) is 6.32 Å². The Balaban J connectivity index is 1.86. The quantitative estimate of drug-likeness (QED) is 0.682. The summed E-state index contributed by atoms with van der Waals surface area (Å²) in [4.78, 5) is 0. The van der Waals surface area contributed by atoms with Gasteiger partial charge in [0.1, 0.15) is 0 Å². The molecule has 0 N–H and O–H groups in total. The third-order valence-corrected chi connectivity index (χ3v) is 5.29. The molecule has 2 rings (SSSR count). The normalized spacial score (nSPS) is 30.7. The second kappa shape index (κ2) is 4.52. The van der Waals surface area contributed by atoms with E-state index in [-0.39, 0.29) is 18.3 Å². The van der Waals surface area contributed by atoms with Gasteiger partial charge in [0.25, 0.3) is 0 Å². The lowest BCUT2D eigenvalue weighted by Gasteiger charge is -2.34. The van der Waals surface area contributed by atoms with Crippen LogP contribution in [0.1, 0.15) is 67.2 Å². The Morgan fingerprint density at radius 1 is 0.889 bits per heavy atom. The van der Waals surface area contributed by atoms with E-state index in [0.29, 0.717) is 5.41 Å². The van der Waals surface area contributed by atoms with E-state index in [1.54, 1.807) is 0 Å². The zero-order valence-corrected chi connectivity index (χ0v) is 13.0. The van der Waals surface area contributed by atoms with E-state index in [1.807, 2.05) is 0 Å². The fourth-order valence-corrected chi connectivity index (χ4v) is 3.03. The van der Waals surface area contributed by atoms with E-state index in [4.69, 9.17) is 9.31 Å². The molecular weight excluding hydrogens is 223 g/mol. The molecule has 18 heavy (non-hydrogen) atoms. The minimum absolute atomic E-state index is 0.00112. The van der Waals surface area contributed by atoms with Crippen LogP contribution in [-0.2, 0) is 9.31 Å². The fraction of sp³-hybridized carbons (Fsp3) is 1.00. The molecule has 1 saturated heterocycles. The van der Waals surface area contributed by atoms with Crippen LogP contribution >= 0.6 is 0 Å². The van der Waals surface area contributed by atoms with E-state index in [2.05, 4.69) is 41.5 Å². The minimum atomic E-state index is -0.175. The summed E-state index contributed by atoms with van der Waals surface area (Å²) in [5.41, 5.74) is 0.198. The van der Waals surface area contributed by atoms with Crippen molar-refractivity contribution in [2.75, 3.05) is 0 Å². The third-order valence-electron chi connectivity index (χ3n) is 5.29. The van der Waals surface area contributed by atoms with Gasteiger partial charge in [0.2, 0.25) is 0 Å². The topological polar surface area (TPSA) is 18.5 Å². The highest BCUT2D eigenvalue weighted by atomic mass is 16.7. The molecule has 0 aromatic rings. The van der Waals surface area contributed by atoms with Gasteiger partial charge in [-0.3, -0.25) is 0 Å². The lowest BCUT2D eigenvalue weighted by Crippen LogP contribution is -2.41. The van der Waals surface area contributed by atoms with Crippen molar-refractivity contribution in [3.8, 4) is 0 Å². The molecule has 1 saturated carbocycles. The third kappa shape index (κ3) is 2.93. The van der Waals surface area contributed by atoms with Crippen molar-refractivity contribution in [2.24, 2.45) is 11.3 Å². The number of hydrogen-bond donors (Lipinski definition) is 0. The molecule has 0 radical (unpaired) electrons. The molecule has 2 nitrogen and oxygen atoms in total. The van der Waals surface area contributed by atoms with Crippen molar-refractivity contribution in [1.29, 1.82) is 0 Å². The van der Waals surface area contributed by atoms with Crippen LogP contribution in [0.4, 0.5) is 0 Å². The molecule has 0 unspecified atom stereocenters. The van der Waals surface area contributed by atoms with Crippen LogP contribution in [0.5, 0.6) is 0 Å². The van der Waals surface area contributed by atoms with E-state index >= 15 is 0 Å². The van der Waals surface area contributed by atoms with Gasteiger partial charge in [-0.25, -0.2) is 0 Å². The van der Waals surface area contributed by atoms with Gasteiger partial charge in [-0.1, -0.05) is 26.7 Å². The molecule has 0 aromatic heterocycles. The van der Waals surface area contributed by atoms with Crippen molar-refractivity contribution in [2.45, 2.75) is 84.7 Å². The van der Waals surface area contributed by atoms with Gasteiger partial charge in [0.15, 0.2) is 0 Å². The molecule has 0 bridgehead atoms. The first-order valence-electron chi connectivity index (χ1n) is 7.47. The molecular formula is C15H29BO2. The standard InChI is InChI=1S/C15H29BO2/c1-13(2)9-7-12(8-10-13)11-16-17-14(3,4)15(5,6)18-16/h12H,7-11H2,1-6H3. The summed E-state index contributed by atoms with van der Waals surface area (Å²) >= 11 is 0. The number of rotatable bonds is 2. The molecule has 1 aliphatic heterocycles. The van der Waals surface area contributed by atoms with Gasteiger partial charge < -0.3 is 9.31 Å². The highest BCUT2D eigenvalue weighted by Gasteiger charge is 2.51.